The number of nitrogens with two attached hydrogens (primary N) is 1. The van der Waals surface area contributed by atoms with E-state index in [9.17, 15) is 18.0 Å². The molecule has 124 valence electrons. The summed E-state index contributed by atoms with van der Waals surface area (Å²) in [5, 5.41) is 8.52. The number of rotatable bonds is 0. The van der Waals surface area contributed by atoms with Crippen LogP contribution in [0.1, 0.15) is 34.6 Å². The summed E-state index contributed by atoms with van der Waals surface area (Å²) >= 11 is 0. The average molecular weight is 314 g/mol. The Morgan fingerprint density at radius 1 is 1.05 bits per heavy atom. The standard InChI is InChI=1S/C4H9NO.C4H10O.C2H5NO.C2H6O2S/c1-4(6)5(2)3;1-4(2,3)5;1-2(3)4;1-5(2,3)4/h1-3H3;5H,1-3H3;1H3,(H2,3,4);1-2H3. The number of nitrogens with zero attached hydrogens (tertiary/aromatic N) is 1. The van der Waals surface area contributed by atoms with Crippen molar-refractivity contribution in [2.24, 2.45) is 5.73 Å². The van der Waals surface area contributed by atoms with Crippen molar-refractivity contribution in [3.8, 4) is 0 Å². The molecule has 20 heavy (non-hydrogen) atoms. The third-order valence-electron chi connectivity index (χ3n) is 0.630. The van der Waals surface area contributed by atoms with Crippen LogP contribution in [-0.4, -0.2) is 62.4 Å². The minimum absolute atomic E-state index is 0.0926. The van der Waals surface area contributed by atoms with Crippen LogP contribution in [0.25, 0.3) is 0 Å². The highest BCUT2D eigenvalue weighted by atomic mass is 32.2. The van der Waals surface area contributed by atoms with Gasteiger partial charge in [0.05, 0.1) is 5.60 Å². The van der Waals surface area contributed by atoms with Gasteiger partial charge in [-0.1, -0.05) is 0 Å². The van der Waals surface area contributed by atoms with Gasteiger partial charge in [-0.3, -0.25) is 9.59 Å². The van der Waals surface area contributed by atoms with Gasteiger partial charge >= 0.3 is 0 Å². The first-order chi connectivity index (χ1) is 8.37. The summed E-state index contributed by atoms with van der Waals surface area (Å²) in [6.07, 6.45) is 2.32. The van der Waals surface area contributed by atoms with Crippen LogP contribution < -0.4 is 5.73 Å². The lowest BCUT2D eigenvalue weighted by atomic mass is 10.2. The Hall–Kier alpha value is -1.15. The van der Waals surface area contributed by atoms with Crippen LogP contribution in [0.15, 0.2) is 0 Å². The molecule has 0 radical (unpaired) electrons. The lowest BCUT2D eigenvalue weighted by Gasteiger charge is -2.04. The molecule has 0 unspecified atom stereocenters. The largest absolute Gasteiger partial charge is 0.391 e. The van der Waals surface area contributed by atoms with E-state index in [0.717, 1.165) is 12.5 Å². The minimum atomic E-state index is -2.67. The third-order valence-corrected chi connectivity index (χ3v) is 0.630. The van der Waals surface area contributed by atoms with Crippen molar-refractivity contribution >= 4 is 21.7 Å². The second kappa shape index (κ2) is 12.9. The monoisotopic (exact) mass is 314 g/mol. The highest BCUT2D eigenvalue weighted by molar-refractivity contribution is 7.89. The Morgan fingerprint density at radius 3 is 1.10 bits per heavy atom. The number of hydrogen-bond donors (Lipinski definition) is 2. The van der Waals surface area contributed by atoms with Gasteiger partial charge in [0.25, 0.3) is 0 Å². The van der Waals surface area contributed by atoms with Gasteiger partial charge in [-0.05, 0) is 20.8 Å². The maximum absolute atomic E-state index is 10.1. The summed E-state index contributed by atoms with van der Waals surface area (Å²) in [7, 11) is 0.782. The predicted octanol–water partition coefficient (Wildman–Crippen LogP) is 0.0241. The smallest absolute Gasteiger partial charge is 0.218 e. The van der Waals surface area contributed by atoms with Crippen LogP contribution in [0.2, 0.25) is 0 Å². The van der Waals surface area contributed by atoms with E-state index in [0.29, 0.717) is 0 Å². The van der Waals surface area contributed by atoms with E-state index < -0.39 is 15.4 Å². The SMILES string of the molecule is CC(=O)N(C)C.CC(C)(C)O.CC(N)=O.CS(C)(=O)=O. The molecule has 0 bridgehead atoms. The molecule has 0 atom stereocenters. The number of sulfone groups is 1. The zero-order valence-corrected chi connectivity index (χ0v) is 14.8. The van der Waals surface area contributed by atoms with Crippen molar-refractivity contribution in [1.82, 2.24) is 4.90 Å². The molecule has 0 aromatic rings. The number of primary amides is 1. The molecule has 0 aliphatic heterocycles. The van der Waals surface area contributed by atoms with Crippen LogP contribution in [0, 0.1) is 0 Å². The van der Waals surface area contributed by atoms with Crippen molar-refractivity contribution < 1.29 is 23.1 Å². The van der Waals surface area contributed by atoms with Crippen molar-refractivity contribution in [3.05, 3.63) is 0 Å². The highest BCUT2D eigenvalue weighted by Crippen LogP contribution is 1.93. The van der Waals surface area contributed by atoms with E-state index in [4.69, 9.17) is 5.11 Å². The van der Waals surface area contributed by atoms with Crippen LogP contribution in [0.3, 0.4) is 0 Å². The molecule has 0 aliphatic carbocycles. The maximum atomic E-state index is 10.1. The number of carbonyl (C=O) groups is 2. The van der Waals surface area contributed by atoms with E-state index in [-0.39, 0.29) is 11.8 Å². The van der Waals surface area contributed by atoms with Crippen molar-refractivity contribution in [2.75, 3.05) is 26.6 Å². The Morgan fingerprint density at radius 2 is 1.10 bits per heavy atom. The lowest BCUT2D eigenvalue weighted by molar-refractivity contribution is -0.126. The molecule has 2 amide bonds. The summed E-state index contributed by atoms with van der Waals surface area (Å²) in [5.74, 6) is -0.241. The topological polar surface area (TPSA) is 118 Å². The van der Waals surface area contributed by atoms with Gasteiger partial charge in [0.2, 0.25) is 11.8 Å². The summed E-state index contributed by atoms with van der Waals surface area (Å²) < 4.78 is 19.3. The molecule has 0 aromatic carbocycles. The molecule has 8 heteroatoms. The molecule has 0 spiro atoms. The summed E-state index contributed by atoms with van der Waals surface area (Å²) in [6, 6.07) is 0. The number of amides is 2. The lowest BCUT2D eigenvalue weighted by Crippen LogP contribution is -2.17. The van der Waals surface area contributed by atoms with Gasteiger partial charge in [-0.25, -0.2) is 8.42 Å². The summed E-state index contributed by atoms with van der Waals surface area (Å²) in [6.45, 7) is 8.06. The van der Waals surface area contributed by atoms with Gasteiger partial charge in [0, 0.05) is 40.5 Å². The van der Waals surface area contributed by atoms with Crippen LogP contribution in [0.4, 0.5) is 0 Å². The Balaban J connectivity index is -0.0000000862. The van der Waals surface area contributed by atoms with Crippen molar-refractivity contribution in [1.29, 1.82) is 0 Å². The Labute approximate surface area is 123 Å². The second-order valence-electron chi connectivity index (χ2n) is 5.34. The Kier molecular flexibility index (Phi) is 17.5. The van der Waals surface area contributed by atoms with Crippen LogP contribution in [-0.2, 0) is 19.4 Å². The zero-order valence-electron chi connectivity index (χ0n) is 14.0. The molecular formula is C12H30N2O5S. The third kappa shape index (κ3) is 521. The van der Waals surface area contributed by atoms with Gasteiger partial charge in [-0.2, -0.15) is 0 Å². The molecule has 0 aliphatic rings. The predicted molar refractivity (Wildman–Crippen MR) is 82.0 cm³/mol. The second-order valence-corrected chi connectivity index (χ2v) is 7.62. The molecule has 0 aromatic heterocycles. The fourth-order valence-electron chi connectivity index (χ4n) is 0. The van der Waals surface area contributed by atoms with E-state index in [1.54, 1.807) is 34.9 Å². The fourth-order valence-corrected chi connectivity index (χ4v) is 0. The molecule has 0 fully saturated rings. The van der Waals surface area contributed by atoms with Gasteiger partial charge < -0.3 is 15.7 Å². The van der Waals surface area contributed by atoms with E-state index >= 15 is 0 Å². The number of carbonyl (C=O) groups excluding carboxylic acids is 2. The number of hydrogen-bond acceptors (Lipinski definition) is 5. The fraction of sp³-hybridized carbons (Fsp3) is 0.833. The molecule has 3 N–H and O–H groups in total. The average Bonchev–Trinajstić information content (AvgIpc) is 1.94. The maximum Gasteiger partial charge on any atom is 0.218 e. The van der Waals surface area contributed by atoms with Crippen LogP contribution in [0.5, 0.6) is 0 Å². The summed E-state index contributed by atoms with van der Waals surface area (Å²) in [4.78, 5) is 20.8. The zero-order chi connectivity index (χ0) is 17.7. The Bertz CT molecular complexity index is 339. The molecule has 0 saturated carbocycles. The van der Waals surface area contributed by atoms with E-state index in [1.807, 2.05) is 0 Å². The first kappa shape index (κ1) is 27.2. The molecule has 0 saturated heterocycles. The minimum Gasteiger partial charge on any atom is -0.391 e. The van der Waals surface area contributed by atoms with E-state index in [1.165, 1.54) is 18.7 Å². The highest BCUT2D eigenvalue weighted by Gasteiger charge is 1.97. The van der Waals surface area contributed by atoms with Gasteiger partial charge in [-0.15, -0.1) is 0 Å². The number of aliphatic hydroxyl groups is 1. The molecule has 0 rings (SSSR count). The summed E-state index contributed by atoms with van der Waals surface area (Å²) in [5.41, 5.74) is 3.97. The molecular weight excluding hydrogens is 284 g/mol. The quantitative estimate of drug-likeness (QED) is 0.653. The van der Waals surface area contributed by atoms with Gasteiger partial charge in [0.15, 0.2) is 0 Å². The normalized spacial score (nSPS) is 9.50. The molecule has 0 heterocycles. The van der Waals surface area contributed by atoms with Gasteiger partial charge in [0.1, 0.15) is 9.84 Å². The van der Waals surface area contributed by atoms with E-state index in [2.05, 4.69) is 5.73 Å². The van der Waals surface area contributed by atoms with Crippen molar-refractivity contribution in [2.45, 2.75) is 40.2 Å². The van der Waals surface area contributed by atoms with Crippen LogP contribution >= 0.6 is 0 Å². The molecule has 7 nitrogen and oxygen atoms in total. The van der Waals surface area contributed by atoms with Crippen molar-refractivity contribution in [3.63, 3.8) is 0 Å². The first-order valence-electron chi connectivity index (χ1n) is 5.69. The first-order valence-corrected chi connectivity index (χ1v) is 7.99.